The molecule has 0 nitrogen and oxygen atoms in total. The molecule has 0 aromatic rings. The first kappa shape index (κ1) is 189. The van der Waals surface area contributed by atoms with Gasteiger partial charge in [-0.2, -0.15) is 0 Å². The van der Waals surface area contributed by atoms with Gasteiger partial charge in [0, 0.05) is 0 Å². The van der Waals surface area contributed by atoms with Crippen LogP contribution in [-0.2, 0) is 0 Å². The van der Waals surface area contributed by atoms with Gasteiger partial charge in [0.15, 0.2) is 0 Å². The summed E-state index contributed by atoms with van der Waals surface area (Å²) in [5.74, 6) is 0. The van der Waals surface area contributed by atoms with Gasteiger partial charge in [0.1, 0.15) is 0 Å². The van der Waals surface area contributed by atoms with Crippen molar-refractivity contribution in [1.82, 2.24) is 0 Å². The Morgan fingerprint density at radius 1 is 0.250 bits per heavy atom. The van der Waals surface area contributed by atoms with Crippen LogP contribution in [0.3, 0.4) is 0 Å². The Labute approximate surface area is 93.5 Å². The minimum absolute atomic E-state index is 0. The molecule has 0 rings (SSSR count). The van der Waals surface area contributed by atoms with Crippen molar-refractivity contribution in [2.24, 2.45) is 0 Å². The Morgan fingerprint density at radius 3 is 0.250 bits per heavy atom. The summed E-state index contributed by atoms with van der Waals surface area (Å²) in [5, 5.41) is 0. The standard InChI is InChI=1S/4FH.4Li/h4*1H;;;;/q;;;;4*+1/p-4. The summed E-state index contributed by atoms with van der Waals surface area (Å²) in [6, 6.07) is 0. The van der Waals surface area contributed by atoms with Crippen LogP contribution in [0.4, 0.5) is 0 Å². The van der Waals surface area contributed by atoms with Gasteiger partial charge in [0.2, 0.25) is 0 Å². The second kappa shape index (κ2) is 135. The molecule has 0 heterocycles. The fourth-order valence-corrected chi connectivity index (χ4v) is 0. The zero-order valence-corrected chi connectivity index (χ0v) is 5.51. The number of rotatable bonds is 0. The van der Waals surface area contributed by atoms with Crippen molar-refractivity contribution in [2.75, 3.05) is 0 Å². The molecule has 0 spiro atoms. The normalized spacial score (nSPS) is 0. The van der Waals surface area contributed by atoms with Gasteiger partial charge in [-0.05, 0) is 0 Å². The fourth-order valence-electron chi connectivity index (χ4n) is 0. The van der Waals surface area contributed by atoms with E-state index in [1.54, 1.807) is 0 Å². The van der Waals surface area contributed by atoms with Crippen molar-refractivity contribution >= 4 is 0 Å². The van der Waals surface area contributed by atoms with Gasteiger partial charge in [-0.1, -0.05) is 0 Å². The maximum Gasteiger partial charge on any atom is 1.00 e. The van der Waals surface area contributed by atoms with E-state index in [-0.39, 0.29) is 94.3 Å². The summed E-state index contributed by atoms with van der Waals surface area (Å²) in [6.07, 6.45) is 0. The van der Waals surface area contributed by atoms with Crippen LogP contribution in [0.15, 0.2) is 0 Å². The van der Waals surface area contributed by atoms with Gasteiger partial charge < -0.3 is 18.8 Å². The molecule has 0 bridgehead atoms. The molecular formula is F4Li4. The molecule has 0 aliphatic carbocycles. The first-order chi connectivity index (χ1) is 0. The summed E-state index contributed by atoms with van der Waals surface area (Å²) in [7, 11) is 0. The van der Waals surface area contributed by atoms with E-state index < -0.39 is 0 Å². The Hall–Kier alpha value is 2.11. The molecule has 0 saturated heterocycles. The molecule has 0 aromatic carbocycles. The van der Waals surface area contributed by atoms with Crippen molar-refractivity contribution < 1.29 is 94.3 Å². The van der Waals surface area contributed by atoms with Crippen LogP contribution < -0.4 is 94.3 Å². The fraction of sp³-hybridized carbons (Fsp3) is 0. The van der Waals surface area contributed by atoms with Crippen molar-refractivity contribution in [1.29, 1.82) is 0 Å². The predicted octanol–water partition coefficient (Wildman–Crippen LogP) is -24.0. The summed E-state index contributed by atoms with van der Waals surface area (Å²) in [4.78, 5) is 0. The summed E-state index contributed by atoms with van der Waals surface area (Å²) >= 11 is 0. The number of halogens is 4. The Kier molecular flexibility index (Phi) is 3170. The van der Waals surface area contributed by atoms with Crippen LogP contribution in [0.1, 0.15) is 0 Å². The average molecular weight is 104 g/mol. The smallest absolute Gasteiger partial charge is 1.00 e. The van der Waals surface area contributed by atoms with E-state index in [4.69, 9.17) is 0 Å². The van der Waals surface area contributed by atoms with Gasteiger partial charge >= 0.3 is 75.4 Å². The minimum atomic E-state index is 0. The zero-order valence-electron chi connectivity index (χ0n) is 5.51. The van der Waals surface area contributed by atoms with Crippen LogP contribution >= 0.6 is 0 Å². The maximum atomic E-state index is 0. The minimum Gasteiger partial charge on any atom is -1.00 e. The average Bonchev–Trinajstić information content (AvgIpc) is 0. The molecule has 0 aliphatic rings. The second-order valence-corrected chi connectivity index (χ2v) is 0. The van der Waals surface area contributed by atoms with Gasteiger partial charge in [0.25, 0.3) is 0 Å². The van der Waals surface area contributed by atoms with Crippen molar-refractivity contribution in [3.63, 3.8) is 0 Å². The van der Waals surface area contributed by atoms with Crippen LogP contribution in [-0.4, -0.2) is 0 Å². The van der Waals surface area contributed by atoms with Crippen molar-refractivity contribution in [3.8, 4) is 0 Å². The van der Waals surface area contributed by atoms with E-state index in [1.807, 2.05) is 0 Å². The zero-order chi connectivity index (χ0) is 0. The molecule has 8 heteroatoms. The van der Waals surface area contributed by atoms with Crippen LogP contribution in [0.5, 0.6) is 0 Å². The summed E-state index contributed by atoms with van der Waals surface area (Å²) in [5.41, 5.74) is 0. The SMILES string of the molecule is [F-].[F-].[F-].[F-].[Li+].[Li+].[Li+].[Li+]. The Morgan fingerprint density at radius 2 is 0.250 bits per heavy atom. The Balaban J connectivity index is 0. The van der Waals surface area contributed by atoms with E-state index in [1.165, 1.54) is 0 Å². The topological polar surface area (TPSA) is 0 Å². The molecule has 0 N–H and O–H groups in total. The quantitative estimate of drug-likeness (QED) is 0.211. The van der Waals surface area contributed by atoms with E-state index in [0.29, 0.717) is 0 Å². The molecule has 0 atom stereocenters. The molecular weight excluding hydrogens is 104 g/mol. The van der Waals surface area contributed by atoms with E-state index in [9.17, 15) is 0 Å². The maximum absolute atomic E-state index is 0. The molecule has 0 radical (unpaired) electrons. The van der Waals surface area contributed by atoms with Gasteiger partial charge in [-0.15, -0.1) is 0 Å². The molecule has 0 aromatic heterocycles. The van der Waals surface area contributed by atoms with E-state index in [2.05, 4.69) is 0 Å². The van der Waals surface area contributed by atoms with E-state index in [0.717, 1.165) is 0 Å². The molecule has 0 unspecified atom stereocenters. The molecule has 8 heavy (non-hydrogen) atoms. The molecule has 0 aliphatic heterocycles. The third-order valence-corrected chi connectivity index (χ3v) is 0. The molecule has 0 saturated carbocycles. The van der Waals surface area contributed by atoms with Crippen LogP contribution in [0.25, 0.3) is 0 Å². The van der Waals surface area contributed by atoms with Crippen LogP contribution in [0.2, 0.25) is 0 Å². The van der Waals surface area contributed by atoms with Crippen molar-refractivity contribution in [3.05, 3.63) is 0 Å². The summed E-state index contributed by atoms with van der Waals surface area (Å²) in [6.45, 7) is 0. The number of hydrogen-bond donors (Lipinski definition) is 0. The largest absolute Gasteiger partial charge is 1.00 e. The first-order valence-electron chi connectivity index (χ1n) is 0. The van der Waals surface area contributed by atoms with E-state index >= 15 is 0 Å². The van der Waals surface area contributed by atoms with Crippen molar-refractivity contribution in [2.45, 2.75) is 0 Å². The first-order valence-corrected chi connectivity index (χ1v) is 0. The third kappa shape index (κ3) is 92.1. The third-order valence-electron chi connectivity index (χ3n) is 0. The van der Waals surface area contributed by atoms with Gasteiger partial charge in [-0.25, -0.2) is 0 Å². The molecule has 0 fully saturated rings. The number of hydrogen-bond acceptors (Lipinski definition) is 0. The monoisotopic (exact) mass is 104 g/mol. The summed E-state index contributed by atoms with van der Waals surface area (Å²) < 4.78 is 0. The van der Waals surface area contributed by atoms with Crippen LogP contribution in [0, 0.1) is 0 Å². The Bertz CT molecular complexity index is 8.00. The van der Waals surface area contributed by atoms with Gasteiger partial charge in [0.05, 0.1) is 0 Å². The second-order valence-electron chi connectivity index (χ2n) is 0. The molecule has 0 amide bonds. The molecule has 32 valence electrons. The van der Waals surface area contributed by atoms with Gasteiger partial charge in [-0.3, -0.25) is 0 Å². The predicted molar refractivity (Wildman–Crippen MR) is 0 cm³/mol.